The number of non-ortho nitro benzene ring substituents is 1. The first kappa shape index (κ1) is 15.0. The summed E-state index contributed by atoms with van der Waals surface area (Å²) >= 11 is 0. The average Bonchev–Trinajstić information content (AvgIpc) is 2.91. The number of Topliss-reactive ketones (excluding diaryl/α,β-unsaturated/α-hetero) is 1. The second-order valence-electron chi connectivity index (χ2n) is 4.21. The largest absolute Gasteiger partial charge is 0.301 e. The van der Waals surface area contributed by atoms with Gasteiger partial charge in [0.15, 0.2) is 0 Å². The molecule has 0 aliphatic rings. The number of aromatic nitrogens is 2. The smallest absolute Gasteiger partial charge is 0.287 e. The van der Waals surface area contributed by atoms with E-state index in [0.717, 1.165) is 24.4 Å². The third-order valence-corrected chi connectivity index (χ3v) is 2.68. The SMILES string of the molecule is Cn1cc(C(=O)C=Nc2ccc([N+](=O)[O-])cc2[N+](=O)[O-])cn1. The highest BCUT2D eigenvalue weighted by Gasteiger charge is 2.19. The van der Waals surface area contributed by atoms with Gasteiger partial charge in [-0.15, -0.1) is 0 Å². The predicted octanol–water partition coefficient (Wildman–Crippen LogP) is 1.82. The van der Waals surface area contributed by atoms with Crippen LogP contribution >= 0.6 is 0 Å². The van der Waals surface area contributed by atoms with Gasteiger partial charge in [0.05, 0.1) is 33.9 Å². The molecule has 2 rings (SSSR count). The Morgan fingerprint density at radius 2 is 2.05 bits per heavy atom. The second kappa shape index (κ2) is 5.91. The molecule has 0 radical (unpaired) electrons. The van der Waals surface area contributed by atoms with Crippen LogP contribution in [0, 0.1) is 20.2 Å². The van der Waals surface area contributed by atoms with Crippen molar-refractivity contribution in [1.29, 1.82) is 0 Å². The third kappa shape index (κ3) is 3.17. The van der Waals surface area contributed by atoms with Gasteiger partial charge < -0.3 is 0 Å². The topological polar surface area (TPSA) is 134 Å². The minimum atomic E-state index is -0.797. The third-order valence-electron chi connectivity index (χ3n) is 2.68. The number of carbonyl (C=O) groups is 1. The Kier molecular flexibility index (Phi) is 4.02. The highest BCUT2D eigenvalue weighted by molar-refractivity contribution is 6.35. The summed E-state index contributed by atoms with van der Waals surface area (Å²) in [6.07, 6.45) is 3.71. The zero-order valence-corrected chi connectivity index (χ0v) is 11.2. The van der Waals surface area contributed by atoms with E-state index >= 15 is 0 Å². The lowest BCUT2D eigenvalue weighted by Gasteiger charge is -1.97. The number of hydrogen-bond donors (Lipinski definition) is 0. The van der Waals surface area contributed by atoms with E-state index in [1.807, 2.05) is 0 Å². The van der Waals surface area contributed by atoms with Crippen LogP contribution in [0.5, 0.6) is 0 Å². The van der Waals surface area contributed by atoms with E-state index in [9.17, 15) is 25.0 Å². The number of benzene rings is 1. The Hall–Kier alpha value is -3.43. The zero-order valence-electron chi connectivity index (χ0n) is 11.2. The molecule has 1 aromatic heterocycles. The molecule has 0 fully saturated rings. The number of carbonyl (C=O) groups excluding carboxylic acids is 1. The Morgan fingerprint density at radius 3 is 2.59 bits per heavy atom. The molecule has 0 atom stereocenters. The van der Waals surface area contributed by atoms with Crippen molar-refractivity contribution in [3.05, 3.63) is 56.4 Å². The van der Waals surface area contributed by atoms with Crippen molar-refractivity contribution in [3.8, 4) is 0 Å². The van der Waals surface area contributed by atoms with Crippen LogP contribution in [0.15, 0.2) is 35.6 Å². The summed E-state index contributed by atoms with van der Waals surface area (Å²) in [4.78, 5) is 35.5. The van der Waals surface area contributed by atoms with E-state index in [0.29, 0.717) is 0 Å². The summed E-state index contributed by atoms with van der Waals surface area (Å²) in [5, 5.41) is 25.4. The molecule has 0 saturated carbocycles. The van der Waals surface area contributed by atoms with Crippen LogP contribution in [0.4, 0.5) is 17.1 Å². The number of aryl methyl sites for hydroxylation is 1. The first-order chi connectivity index (χ1) is 10.4. The number of hydrogen-bond acceptors (Lipinski definition) is 7. The predicted molar refractivity (Wildman–Crippen MR) is 75.4 cm³/mol. The van der Waals surface area contributed by atoms with Crippen LogP contribution in [0.25, 0.3) is 0 Å². The lowest BCUT2D eigenvalue weighted by molar-refractivity contribution is -0.393. The van der Waals surface area contributed by atoms with Crippen LogP contribution in [0.3, 0.4) is 0 Å². The van der Waals surface area contributed by atoms with Crippen molar-refractivity contribution in [3.63, 3.8) is 0 Å². The molecule has 0 aliphatic carbocycles. The maximum atomic E-state index is 11.8. The van der Waals surface area contributed by atoms with Gasteiger partial charge >= 0.3 is 5.69 Å². The van der Waals surface area contributed by atoms with E-state index in [-0.39, 0.29) is 11.3 Å². The number of nitro groups is 2. The maximum Gasteiger partial charge on any atom is 0.301 e. The number of aliphatic imine (C=N–C) groups is 1. The molecule has 10 nitrogen and oxygen atoms in total. The van der Waals surface area contributed by atoms with E-state index in [4.69, 9.17) is 0 Å². The van der Waals surface area contributed by atoms with Crippen LogP contribution < -0.4 is 0 Å². The van der Waals surface area contributed by atoms with E-state index < -0.39 is 27.0 Å². The van der Waals surface area contributed by atoms with Gasteiger partial charge in [-0.3, -0.25) is 29.7 Å². The first-order valence-corrected chi connectivity index (χ1v) is 5.88. The molecule has 0 amide bonds. The fourth-order valence-electron chi connectivity index (χ4n) is 1.63. The van der Waals surface area contributed by atoms with Crippen LogP contribution in [0.1, 0.15) is 10.4 Å². The summed E-state index contributed by atoms with van der Waals surface area (Å²) in [6, 6.07) is 2.98. The number of rotatable bonds is 5. The first-order valence-electron chi connectivity index (χ1n) is 5.88. The molecule has 0 spiro atoms. The van der Waals surface area contributed by atoms with Gasteiger partial charge in [0.1, 0.15) is 5.69 Å². The Balaban J connectivity index is 2.32. The number of nitrogens with zero attached hydrogens (tertiary/aromatic N) is 5. The molecule has 0 saturated heterocycles. The van der Waals surface area contributed by atoms with Gasteiger partial charge in [-0.25, -0.2) is 4.99 Å². The summed E-state index contributed by atoms with van der Waals surface area (Å²) in [6.45, 7) is 0. The molecule has 0 N–H and O–H groups in total. The maximum absolute atomic E-state index is 11.8. The molecule has 1 aromatic carbocycles. The van der Waals surface area contributed by atoms with E-state index in [1.54, 1.807) is 7.05 Å². The molecule has 10 heteroatoms. The molecule has 0 aliphatic heterocycles. The zero-order chi connectivity index (χ0) is 16.3. The fourth-order valence-corrected chi connectivity index (χ4v) is 1.63. The molecule has 112 valence electrons. The molecular formula is C12H9N5O5. The monoisotopic (exact) mass is 303 g/mol. The summed E-state index contributed by atoms with van der Waals surface area (Å²) in [5.41, 5.74) is -0.850. The van der Waals surface area contributed by atoms with Crippen molar-refractivity contribution >= 4 is 29.1 Å². The van der Waals surface area contributed by atoms with Crippen molar-refractivity contribution in [2.24, 2.45) is 12.0 Å². The van der Waals surface area contributed by atoms with Crippen molar-refractivity contribution in [1.82, 2.24) is 9.78 Å². The van der Waals surface area contributed by atoms with Gasteiger partial charge in [-0.2, -0.15) is 5.10 Å². The normalized spacial score (nSPS) is 10.8. The number of nitro benzene ring substituents is 2. The van der Waals surface area contributed by atoms with Gasteiger partial charge in [-0.1, -0.05) is 0 Å². The van der Waals surface area contributed by atoms with Crippen molar-refractivity contribution in [2.45, 2.75) is 0 Å². The lowest BCUT2D eigenvalue weighted by Crippen LogP contribution is -1.99. The van der Waals surface area contributed by atoms with Crippen LogP contribution in [-0.2, 0) is 7.05 Å². The van der Waals surface area contributed by atoms with E-state index in [2.05, 4.69) is 10.1 Å². The van der Waals surface area contributed by atoms with Crippen LogP contribution in [-0.4, -0.2) is 31.6 Å². The quantitative estimate of drug-likeness (QED) is 0.358. The molecular weight excluding hydrogens is 294 g/mol. The Bertz CT molecular complexity index is 795. The van der Waals surface area contributed by atoms with Gasteiger partial charge in [-0.05, 0) is 6.07 Å². The van der Waals surface area contributed by atoms with Gasteiger partial charge in [0, 0.05) is 19.3 Å². The Morgan fingerprint density at radius 1 is 1.32 bits per heavy atom. The second-order valence-corrected chi connectivity index (χ2v) is 4.21. The van der Waals surface area contributed by atoms with E-state index in [1.165, 1.54) is 17.1 Å². The minimum absolute atomic E-state index is 0.146. The summed E-state index contributed by atoms with van der Waals surface area (Å²) < 4.78 is 1.43. The van der Waals surface area contributed by atoms with Crippen molar-refractivity contribution < 1.29 is 14.6 Å². The van der Waals surface area contributed by atoms with Crippen LogP contribution in [0.2, 0.25) is 0 Å². The standard InChI is InChI=1S/C12H9N5O5/c1-15-7-8(5-14-15)12(18)6-13-10-3-2-9(16(19)20)4-11(10)17(21)22/h2-7H,1H3. The molecule has 0 unspecified atom stereocenters. The highest BCUT2D eigenvalue weighted by Crippen LogP contribution is 2.30. The van der Waals surface area contributed by atoms with Gasteiger partial charge in [0.2, 0.25) is 5.78 Å². The molecule has 1 heterocycles. The fraction of sp³-hybridized carbons (Fsp3) is 0.0833. The number of ketones is 1. The minimum Gasteiger partial charge on any atom is -0.287 e. The summed E-state index contributed by atoms with van der Waals surface area (Å²) in [5.74, 6) is -0.485. The lowest BCUT2D eigenvalue weighted by atomic mass is 10.2. The molecule has 2 aromatic rings. The Labute approximate surface area is 123 Å². The molecule has 0 bridgehead atoms. The average molecular weight is 303 g/mol. The van der Waals surface area contributed by atoms with Crippen molar-refractivity contribution in [2.75, 3.05) is 0 Å². The summed E-state index contributed by atoms with van der Waals surface area (Å²) in [7, 11) is 1.63. The van der Waals surface area contributed by atoms with Gasteiger partial charge in [0.25, 0.3) is 5.69 Å². The molecule has 22 heavy (non-hydrogen) atoms. The highest BCUT2D eigenvalue weighted by atomic mass is 16.6.